The Bertz CT molecular complexity index is 333. The number of ether oxygens (including phenoxy) is 1. The second-order valence-electron chi connectivity index (χ2n) is 6.49. The zero-order valence-electron chi connectivity index (χ0n) is 15.0. The van der Waals surface area contributed by atoms with Crippen LogP contribution in [0.25, 0.3) is 0 Å². The van der Waals surface area contributed by atoms with Gasteiger partial charge in [-0.05, 0) is 26.2 Å². The van der Waals surface area contributed by atoms with Gasteiger partial charge in [0.25, 0.3) is 0 Å². The van der Waals surface area contributed by atoms with E-state index in [1.807, 2.05) is 6.92 Å². The van der Waals surface area contributed by atoms with Gasteiger partial charge in [-0.1, -0.05) is 64.4 Å². The van der Waals surface area contributed by atoms with Crippen molar-refractivity contribution >= 4 is 15.0 Å². The molecule has 0 aliphatic carbocycles. The van der Waals surface area contributed by atoms with Gasteiger partial charge >= 0.3 is 15.0 Å². The molecule has 6 heteroatoms. The minimum absolute atomic E-state index is 0.0458. The molecule has 0 rings (SSSR count). The molecule has 0 spiro atoms. The lowest BCUT2D eigenvalue weighted by Crippen LogP contribution is -2.13. The highest BCUT2D eigenvalue weighted by Gasteiger charge is 2.35. The van der Waals surface area contributed by atoms with Gasteiger partial charge in [-0.3, -0.25) is 0 Å². The smallest absolute Gasteiger partial charge is 0.460 e. The van der Waals surface area contributed by atoms with Crippen molar-refractivity contribution in [1.82, 2.24) is 0 Å². The third-order valence-corrected chi connectivity index (χ3v) is 4.98. The number of hydrogen-bond donors (Lipinski definition) is 0. The SMILES string of the molecule is C=CC(=O)OC(C)CCCCCCCCCCCCC[Si](F)(F)F. The van der Waals surface area contributed by atoms with E-state index < -0.39 is 15.1 Å². The molecule has 24 heavy (non-hydrogen) atoms. The van der Waals surface area contributed by atoms with Crippen LogP contribution in [0.4, 0.5) is 12.3 Å². The highest BCUT2D eigenvalue weighted by molar-refractivity contribution is 6.58. The third-order valence-electron chi connectivity index (χ3n) is 4.05. The normalized spacial score (nSPS) is 12.8. The number of carbonyl (C=O) groups excluding carboxylic acids is 1. The Morgan fingerprint density at radius 1 is 0.917 bits per heavy atom. The van der Waals surface area contributed by atoms with Crippen molar-refractivity contribution in [3.63, 3.8) is 0 Å². The number of esters is 1. The highest BCUT2D eigenvalue weighted by atomic mass is 28.5. The maximum atomic E-state index is 12.1. The second-order valence-corrected chi connectivity index (χ2v) is 8.22. The second kappa shape index (κ2) is 14.6. The summed E-state index contributed by atoms with van der Waals surface area (Å²) < 4.78 is 41.4. The summed E-state index contributed by atoms with van der Waals surface area (Å²) in [6.45, 7) is 5.27. The molecule has 0 aromatic rings. The average molecular weight is 367 g/mol. The van der Waals surface area contributed by atoms with Crippen molar-refractivity contribution in [2.75, 3.05) is 0 Å². The summed E-state index contributed by atoms with van der Waals surface area (Å²) in [4.78, 5) is 11.0. The van der Waals surface area contributed by atoms with Gasteiger partial charge in [-0.25, -0.2) is 17.1 Å². The molecule has 0 radical (unpaired) electrons. The minimum atomic E-state index is -5.30. The molecule has 142 valence electrons. The summed E-state index contributed by atoms with van der Waals surface area (Å²) in [5, 5.41) is 0. The fourth-order valence-electron chi connectivity index (χ4n) is 2.65. The molecule has 0 aromatic heterocycles. The summed E-state index contributed by atoms with van der Waals surface area (Å²) in [5.41, 5.74) is 0. The molecule has 0 N–H and O–H groups in total. The van der Waals surface area contributed by atoms with Crippen LogP contribution in [-0.4, -0.2) is 21.1 Å². The predicted molar refractivity (Wildman–Crippen MR) is 95.0 cm³/mol. The largest absolute Gasteiger partial charge is 0.616 e. The first kappa shape index (κ1) is 23.2. The van der Waals surface area contributed by atoms with E-state index in [4.69, 9.17) is 4.74 Å². The van der Waals surface area contributed by atoms with E-state index in [0.29, 0.717) is 6.42 Å². The molecule has 0 bridgehead atoms. The van der Waals surface area contributed by atoms with Gasteiger partial charge in [0.15, 0.2) is 0 Å². The van der Waals surface area contributed by atoms with Gasteiger partial charge in [0, 0.05) is 12.1 Å². The molecule has 0 aromatic carbocycles. The molecule has 0 fully saturated rings. The quantitative estimate of drug-likeness (QED) is 0.101. The summed E-state index contributed by atoms with van der Waals surface area (Å²) in [5.74, 6) is -0.358. The van der Waals surface area contributed by atoms with E-state index in [1.54, 1.807) is 0 Å². The van der Waals surface area contributed by atoms with Gasteiger partial charge in [0.1, 0.15) is 0 Å². The van der Waals surface area contributed by atoms with Crippen LogP contribution >= 0.6 is 0 Å². The third kappa shape index (κ3) is 17.6. The molecular weight excluding hydrogens is 333 g/mol. The van der Waals surface area contributed by atoms with Crippen LogP contribution in [-0.2, 0) is 9.53 Å². The van der Waals surface area contributed by atoms with Crippen LogP contribution in [0.5, 0.6) is 0 Å². The van der Waals surface area contributed by atoms with Crippen LogP contribution in [0.15, 0.2) is 12.7 Å². The Morgan fingerprint density at radius 3 is 1.75 bits per heavy atom. The molecule has 0 heterocycles. The van der Waals surface area contributed by atoms with Crippen molar-refractivity contribution in [2.45, 2.75) is 96.1 Å². The average Bonchev–Trinajstić information content (AvgIpc) is 2.50. The Morgan fingerprint density at radius 2 is 1.33 bits per heavy atom. The summed E-state index contributed by atoms with van der Waals surface area (Å²) in [6.07, 6.45) is 13.2. The number of carbonyl (C=O) groups is 1. The molecule has 0 saturated heterocycles. The standard InChI is InChI=1S/C18H33F3O2Si/c1-3-18(22)23-17(2)15-13-11-9-7-5-4-6-8-10-12-14-16-24(19,20)21/h3,17H,1,4-16H2,2H3. The van der Waals surface area contributed by atoms with Crippen molar-refractivity contribution in [2.24, 2.45) is 0 Å². The Hall–Kier alpha value is -0.783. The zero-order chi connectivity index (χ0) is 18.3. The molecule has 0 aliphatic rings. The molecule has 2 nitrogen and oxygen atoms in total. The van der Waals surface area contributed by atoms with E-state index in [-0.39, 0.29) is 12.1 Å². The zero-order valence-corrected chi connectivity index (χ0v) is 16.0. The van der Waals surface area contributed by atoms with Crippen LogP contribution < -0.4 is 0 Å². The maximum Gasteiger partial charge on any atom is 0.616 e. The fourth-order valence-corrected chi connectivity index (χ4v) is 3.30. The summed E-state index contributed by atoms with van der Waals surface area (Å²) in [7, 11) is -5.30. The molecule has 1 atom stereocenters. The van der Waals surface area contributed by atoms with Crippen LogP contribution in [0.1, 0.15) is 84.0 Å². The fraction of sp³-hybridized carbons (Fsp3) is 0.833. The van der Waals surface area contributed by atoms with E-state index in [0.717, 1.165) is 44.9 Å². The first-order valence-corrected chi connectivity index (χ1v) is 11.1. The van der Waals surface area contributed by atoms with Crippen LogP contribution in [0.2, 0.25) is 6.04 Å². The minimum Gasteiger partial charge on any atom is -0.460 e. The van der Waals surface area contributed by atoms with E-state index >= 15 is 0 Å². The Labute approximate surface area is 146 Å². The Kier molecular flexibility index (Phi) is 14.1. The maximum absolute atomic E-state index is 12.1. The van der Waals surface area contributed by atoms with Gasteiger partial charge in [-0.15, -0.1) is 0 Å². The van der Waals surface area contributed by atoms with Crippen molar-refractivity contribution in [1.29, 1.82) is 0 Å². The van der Waals surface area contributed by atoms with Crippen molar-refractivity contribution < 1.29 is 21.9 Å². The highest BCUT2D eigenvalue weighted by Crippen LogP contribution is 2.20. The van der Waals surface area contributed by atoms with Gasteiger partial charge in [0.05, 0.1) is 6.10 Å². The Balaban J connectivity index is 3.20. The van der Waals surface area contributed by atoms with Crippen LogP contribution in [0.3, 0.4) is 0 Å². The molecule has 1 unspecified atom stereocenters. The molecular formula is C18H33F3O2Si. The van der Waals surface area contributed by atoms with Gasteiger partial charge in [0.2, 0.25) is 0 Å². The van der Waals surface area contributed by atoms with E-state index in [1.165, 1.54) is 31.8 Å². The number of hydrogen-bond acceptors (Lipinski definition) is 2. The summed E-state index contributed by atoms with van der Waals surface area (Å²) in [6, 6.07) is -0.502. The summed E-state index contributed by atoms with van der Waals surface area (Å²) >= 11 is 0. The van der Waals surface area contributed by atoms with E-state index in [9.17, 15) is 17.1 Å². The number of unbranched alkanes of at least 4 members (excludes halogenated alkanes) is 10. The number of rotatable bonds is 16. The van der Waals surface area contributed by atoms with Crippen molar-refractivity contribution in [3.8, 4) is 0 Å². The first-order chi connectivity index (χ1) is 11.3. The topological polar surface area (TPSA) is 26.3 Å². The molecule has 0 aliphatic heterocycles. The molecule has 0 amide bonds. The van der Waals surface area contributed by atoms with Crippen LogP contribution in [0, 0.1) is 0 Å². The van der Waals surface area contributed by atoms with Gasteiger partial charge < -0.3 is 4.74 Å². The van der Waals surface area contributed by atoms with E-state index in [2.05, 4.69) is 6.58 Å². The monoisotopic (exact) mass is 366 g/mol. The lowest BCUT2D eigenvalue weighted by molar-refractivity contribution is -0.142. The first-order valence-electron chi connectivity index (χ1n) is 9.25. The number of halogens is 3. The van der Waals surface area contributed by atoms with Crippen molar-refractivity contribution in [3.05, 3.63) is 12.7 Å². The lowest BCUT2D eigenvalue weighted by Gasteiger charge is -2.11. The van der Waals surface area contributed by atoms with Gasteiger partial charge in [-0.2, -0.15) is 0 Å². The predicted octanol–water partition coefficient (Wildman–Crippen LogP) is 6.63. The lowest BCUT2D eigenvalue weighted by atomic mass is 10.0. The molecule has 0 saturated carbocycles.